The van der Waals surface area contributed by atoms with Gasteiger partial charge in [-0.3, -0.25) is 4.79 Å². The number of carbonyl (C=O) groups is 1. The van der Waals surface area contributed by atoms with Gasteiger partial charge in [0.05, 0.1) is 0 Å². The largest absolute Gasteiger partial charge is 0.369 e. The van der Waals surface area contributed by atoms with Gasteiger partial charge in [-0.15, -0.1) is 0 Å². The number of rotatable bonds is 7. The zero-order valence-corrected chi connectivity index (χ0v) is 12.6. The van der Waals surface area contributed by atoms with Crippen LogP contribution in [-0.4, -0.2) is 31.6 Å². The van der Waals surface area contributed by atoms with Crippen molar-refractivity contribution in [2.45, 2.75) is 32.2 Å². The molecule has 0 aromatic heterocycles. The monoisotopic (exact) mass is 275 g/mol. The molecule has 4 heteroatoms. The van der Waals surface area contributed by atoms with E-state index in [-0.39, 0.29) is 5.91 Å². The summed E-state index contributed by atoms with van der Waals surface area (Å²) in [6, 6.07) is 8.40. The molecule has 1 aromatic carbocycles. The highest BCUT2D eigenvalue weighted by Crippen LogP contribution is 2.40. The summed E-state index contributed by atoms with van der Waals surface area (Å²) >= 11 is 0. The molecule has 110 valence electrons. The van der Waals surface area contributed by atoms with Gasteiger partial charge in [0.2, 0.25) is 5.91 Å². The first-order valence-electron chi connectivity index (χ1n) is 7.34. The predicted molar refractivity (Wildman–Crippen MR) is 82.8 cm³/mol. The molecule has 0 heterocycles. The SMILES string of the molecule is CCN(CC(NC)(C(N)=O)C1CC1)c1ccc(C)cc1. The van der Waals surface area contributed by atoms with E-state index in [9.17, 15) is 4.79 Å². The predicted octanol–water partition coefficient (Wildman–Crippen LogP) is 1.67. The number of nitrogens with two attached hydrogens (primary N) is 1. The fourth-order valence-corrected chi connectivity index (χ4v) is 2.83. The van der Waals surface area contributed by atoms with Gasteiger partial charge in [-0.05, 0) is 51.8 Å². The fourth-order valence-electron chi connectivity index (χ4n) is 2.83. The quantitative estimate of drug-likeness (QED) is 0.796. The average Bonchev–Trinajstić information content (AvgIpc) is 3.26. The topological polar surface area (TPSA) is 58.4 Å². The van der Waals surface area contributed by atoms with Crippen molar-refractivity contribution in [1.82, 2.24) is 5.32 Å². The number of benzene rings is 1. The van der Waals surface area contributed by atoms with Crippen LogP contribution in [0, 0.1) is 12.8 Å². The Morgan fingerprint density at radius 2 is 2.00 bits per heavy atom. The molecule has 0 spiro atoms. The average molecular weight is 275 g/mol. The maximum atomic E-state index is 12.0. The van der Waals surface area contributed by atoms with Crippen molar-refractivity contribution < 1.29 is 4.79 Å². The van der Waals surface area contributed by atoms with Crippen molar-refractivity contribution in [3.05, 3.63) is 29.8 Å². The Balaban J connectivity index is 2.23. The summed E-state index contributed by atoms with van der Waals surface area (Å²) in [4.78, 5) is 14.2. The first-order valence-corrected chi connectivity index (χ1v) is 7.34. The number of nitrogens with zero attached hydrogens (tertiary/aromatic N) is 1. The van der Waals surface area contributed by atoms with Crippen LogP contribution >= 0.6 is 0 Å². The summed E-state index contributed by atoms with van der Waals surface area (Å²) in [6.45, 7) is 5.66. The second-order valence-electron chi connectivity index (χ2n) is 5.71. The molecule has 0 aliphatic heterocycles. The summed E-state index contributed by atoms with van der Waals surface area (Å²) in [5, 5.41) is 3.21. The van der Waals surface area contributed by atoms with Crippen LogP contribution in [0.15, 0.2) is 24.3 Å². The number of carbonyl (C=O) groups excluding carboxylic acids is 1. The van der Waals surface area contributed by atoms with Crippen LogP contribution in [0.1, 0.15) is 25.3 Å². The molecule has 1 atom stereocenters. The molecule has 0 radical (unpaired) electrons. The maximum absolute atomic E-state index is 12.0. The van der Waals surface area contributed by atoms with E-state index >= 15 is 0 Å². The highest BCUT2D eigenvalue weighted by molar-refractivity contribution is 5.86. The van der Waals surface area contributed by atoms with Gasteiger partial charge >= 0.3 is 0 Å². The lowest BCUT2D eigenvalue weighted by atomic mass is 9.91. The van der Waals surface area contributed by atoms with Crippen LogP contribution in [0.5, 0.6) is 0 Å². The molecule has 1 aliphatic carbocycles. The Kier molecular flexibility index (Phi) is 4.33. The Bertz CT molecular complexity index is 467. The van der Waals surface area contributed by atoms with Gasteiger partial charge in [0.1, 0.15) is 5.54 Å². The molecular weight excluding hydrogens is 250 g/mol. The normalized spacial score (nSPS) is 17.6. The Labute approximate surface area is 121 Å². The summed E-state index contributed by atoms with van der Waals surface area (Å²) in [7, 11) is 1.84. The molecule has 0 saturated heterocycles. The maximum Gasteiger partial charge on any atom is 0.239 e. The number of hydrogen-bond donors (Lipinski definition) is 2. The number of primary amides is 1. The number of hydrogen-bond acceptors (Lipinski definition) is 3. The van der Waals surface area contributed by atoms with Crippen molar-refractivity contribution in [3.63, 3.8) is 0 Å². The molecule has 1 unspecified atom stereocenters. The second-order valence-corrected chi connectivity index (χ2v) is 5.71. The minimum Gasteiger partial charge on any atom is -0.369 e. The van der Waals surface area contributed by atoms with Crippen molar-refractivity contribution in [2.24, 2.45) is 11.7 Å². The van der Waals surface area contributed by atoms with E-state index in [4.69, 9.17) is 5.73 Å². The van der Waals surface area contributed by atoms with E-state index in [1.807, 2.05) is 7.05 Å². The Hall–Kier alpha value is -1.55. The second kappa shape index (κ2) is 5.83. The van der Waals surface area contributed by atoms with Gasteiger partial charge in [-0.1, -0.05) is 17.7 Å². The Morgan fingerprint density at radius 1 is 1.40 bits per heavy atom. The third-order valence-corrected chi connectivity index (χ3v) is 4.38. The fraction of sp³-hybridized carbons (Fsp3) is 0.562. The van der Waals surface area contributed by atoms with Crippen LogP contribution in [-0.2, 0) is 4.79 Å². The van der Waals surface area contributed by atoms with Crippen molar-refractivity contribution in [1.29, 1.82) is 0 Å². The standard InChI is InChI=1S/C16H25N3O/c1-4-19(14-9-5-12(2)6-10-14)11-16(18-3,15(17)20)13-7-8-13/h5-6,9-10,13,18H,4,7-8,11H2,1-3H3,(H2,17,20). The van der Waals surface area contributed by atoms with E-state index in [0.29, 0.717) is 12.5 Å². The summed E-state index contributed by atoms with van der Waals surface area (Å²) < 4.78 is 0. The number of anilines is 1. The lowest BCUT2D eigenvalue weighted by Crippen LogP contribution is -2.62. The molecule has 4 nitrogen and oxygen atoms in total. The lowest BCUT2D eigenvalue weighted by Gasteiger charge is -2.37. The molecule has 1 aliphatic rings. The lowest BCUT2D eigenvalue weighted by molar-refractivity contribution is -0.124. The number of aryl methyl sites for hydroxylation is 1. The van der Waals surface area contributed by atoms with E-state index in [2.05, 4.69) is 48.3 Å². The van der Waals surface area contributed by atoms with E-state index in [1.54, 1.807) is 0 Å². The van der Waals surface area contributed by atoms with Crippen LogP contribution in [0.4, 0.5) is 5.69 Å². The first-order chi connectivity index (χ1) is 9.53. The first kappa shape index (κ1) is 14.9. The van der Waals surface area contributed by atoms with Crippen molar-refractivity contribution >= 4 is 11.6 Å². The van der Waals surface area contributed by atoms with Gasteiger partial charge in [-0.2, -0.15) is 0 Å². The summed E-state index contributed by atoms with van der Waals surface area (Å²) in [6.07, 6.45) is 2.16. The molecule has 3 N–H and O–H groups in total. The molecule has 1 amide bonds. The molecule has 2 rings (SSSR count). The van der Waals surface area contributed by atoms with Crippen LogP contribution in [0.25, 0.3) is 0 Å². The smallest absolute Gasteiger partial charge is 0.239 e. The highest BCUT2D eigenvalue weighted by Gasteiger charge is 2.49. The molecular formula is C16H25N3O. The van der Waals surface area contributed by atoms with Gasteiger partial charge in [0, 0.05) is 18.8 Å². The highest BCUT2D eigenvalue weighted by atomic mass is 16.1. The molecule has 20 heavy (non-hydrogen) atoms. The third kappa shape index (κ3) is 2.80. The summed E-state index contributed by atoms with van der Waals surface area (Å²) in [5.41, 5.74) is 7.47. The zero-order chi connectivity index (χ0) is 14.8. The van der Waals surface area contributed by atoms with E-state index in [0.717, 1.165) is 25.1 Å². The Morgan fingerprint density at radius 3 is 2.40 bits per heavy atom. The van der Waals surface area contributed by atoms with E-state index in [1.165, 1.54) is 5.56 Å². The summed E-state index contributed by atoms with van der Waals surface area (Å²) in [5.74, 6) is 0.123. The van der Waals surface area contributed by atoms with Gasteiger partial charge in [0.25, 0.3) is 0 Å². The molecule has 1 saturated carbocycles. The number of amides is 1. The number of likely N-dealkylation sites (N-methyl/N-ethyl adjacent to an activating group) is 2. The van der Waals surface area contributed by atoms with Crippen molar-refractivity contribution in [3.8, 4) is 0 Å². The number of nitrogens with one attached hydrogen (secondary N) is 1. The van der Waals surface area contributed by atoms with Crippen molar-refractivity contribution in [2.75, 3.05) is 25.0 Å². The van der Waals surface area contributed by atoms with Crippen LogP contribution in [0.2, 0.25) is 0 Å². The molecule has 0 bridgehead atoms. The zero-order valence-electron chi connectivity index (χ0n) is 12.6. The van der Waals surface area contributed by atoms with Gasteiger partial charge in [-0.25, -0.2) is 0 Å². The van der Waals surface area contributed by atoms with Gasteiger partial charge < -0.3 is 16.0 Å². The van der Waals surface area contributed by atoms with Crippen LogP contribution < -0.4 is 16.0 Å². The van der Waals surface area contributed by atoms with E-state index < -0.39 is 5.54 Å². The third-order valence-electron chi connectivity index (χ3n) is 4.38. The minimum absolute atomic E-state index is 0.243. The van der Waals surface area contributed by atoms with Gasteiger partial charge in [0.15, 0.2) is 0 Å². The minimum atomic E-state index is -0.610. The molecule has 1 aromatic rings. The molecule has 1 fully saturated rings. The van der Waals surface area contributed by atoms with Crippen LogP contribution in [0.3, 0.4) is 0 Å².